The lowest BCUT2D eigenvalue weighted by Crippen LogP contribution is -2.56. The largest absolute Gasteiger partial charge is 0.480 e. The van der Waals surface area contributed by atoms with Crippen molar-refractivity contribution in [3.63, 3.8) is 0 Å². The Morgan fingerprint density at radius 3 is 2.22 bits per heavy atom. The van der Waals surface area contributed by atoms with Gasteiger partial charge in [-0.2, -0.15) is 0 Å². The van der Waals surface area contributed by atoms with E-state index in [1.165, 1.54) is 0 Å². The molecule has 0 bridgehead atoms. The van der Waals surface area contributed by atoms with Crippen molar-refractivity contribution in [2.75, 3.05) is 5.32 Å². The highest BCUT2D eigenvalue weighted by Gasteiger charge is 2.43. The third-order valence-corrected chi connectivity index (χ3v) is 5.12. The van der Waals surface area contributed by atoms with Crippen molar-refractivity contribution in [3.8, 4) is 0 Å². The maximum atomic E-state index is 12.6. The number of carboxylic acid groups (broad SMARTS) is 1. The highest BCUT2D eigenvalue weighted by molar-refractivity contribution is 5.98. The zero-order valence-electron chi connectivity index (χ0n) is 16.2. The second-order valence-corrected chi connectivity index (χ2v) is 7.52. The predicted molar refractivity (Wildman–Crippen MR) is 104 cm³/mol. The molecule has 7 nitrogen and oxygen atoms in total. The molecule has 0 radical (unpaired) electrons. The van der Waals surface area contributed by atoms with Gasteiger partial charge in [-0.15, -0.1) is 0 Å². The molecule has 2 rings (SSSR count). The molecule has 7 heteroatoms. The van der Waals surface area contributed by atoms with Crippen molar-refractivity contribution >= 4 is 23.6 Å². The highest BCUT2D eigenvalue weighted by atomic mass is 16.4. The molecule has 148 valence electrons. The van der Waals surface area contributed by atoms with Gasteiger partial charge in [0.2, 0.25) is 0 Å². The number of benzene rings is 1. The van der Waals surface area contributed by atoms with Gasteiger partial charge in [-0.25, -0.2) is 9.59 Å². The molecule has 0 saturated heterocycles. The standard InChI is InChI=1S/C20H29N3O4/c1-4-14-9-11-20(12-10-14,18(25)26)23-17(24)15-5-7-16(8-6-15)22-19(27)21-13(2)3/h5-8,13-14H,4,9-12H2,1-3H3,(H,23,24)(H,25,26)(H2,21,22,27). The lowest BCUT2D eigenvalue weighted by molar-refractivity contribution is -0.146. The van der Waals surface area contributed by atoms with Gasteiger partial charge in [0, 0.05) is 17.3 Å². The quantitative estimate of drug-likeness (QED) is 0.611. The second kappa shape index (κ2) is 8.88. The number of carbonyl (C=O) groups excluding carboxylic acids is 2. The second-order valence-electron chi connectivity index (χ2n) is 7.52. The van der Waals surface area contributed by atoms with Crippen LogP contribution in [0.3, 0.4) is 0 Å². The maximum Gasteiger partial charge on any atom is 0.329 e. The average molecular weight is 375 g/mol. The van der Waals surface area contributed by atoms with Gasteiger partial charge < -0.3 is 21.1 Å². The molecule has 0 heterocycles. The Hall–Kier alpha value is -2.57. The van der Waals surface area contributed by atoms with Crippen LogP contribution < -0.4 is 16.0 Å². The zero-order valence-corrected chi connectivity index (χ0v) is 16.2. The number of urea groups is 1. The summed E-state index contributed by atoms with van der Waals surface area (Å²) in [6.07, 6.45) is 3.53. The third kappa shape index (κ3) is 5.45. The summed E-state index contributed by atoms with van der Waals surface area (Å²) in [6, 6.07) is 6.10. The van der Waals surface area contributed by atoms with Crippen LogP contribution in [0.15, 0.2) is 24.3 Å². The molecule has 0 aromatic heterocycles. The topological polar surface area (TPSA) is 108 Å². The van der Waals surface area contributed by atoms with E-state index in [0.29, 0.717) is 30.0 Å². The van der Waals surface area contributed by atoms with Gasteiger partial charge in [-0.1, -0.05) is 13.3 Å². The Balaban J connectivity index is 2.02. The Kier molecular flexibility index (Phi) is 6.82. The van der Waals surface area contributed by atoms with Gasteiger partial charge in [0.15, 0.2) is 0 Å². The Morgan fingerprint density at radius 1 is 1.15 bits per heavy atom. The van der Waals surface area contributed by atoms with Crippen molar-refractivity contribution in [3.05, 3.63) is 29.8 Å². The van der Waals surface area contributed by atoms with Gasteiger partial charge in [-0.05, 0) is 69.7 Å². The number of hydrogen-bond acceptors (Lipinski definition) is 3. The average Bonchev–Trinajstić information content (AvgIpc) is 2.62. The van der Waals surface area contributed by atoms with Gasteiger partial charge in [0.1, 0.15) is 5.54 Å². The number of nitrogens with one attached hydrogen (secondary N) is 3. The molecule has 0 unspecified atom stereocenters. The molecule has 0 atom stereocenters. The van der Waals surface area contributed by atoms with E-state index in [-0.39, 0.29) is 12.1 Å². The molecule has 1 saturated carbocycles. The van der Waals surface area contributed by atoms with E-state index >= 15 is 0 Å². The van der Waals surface area contributed by atoms with Crippen molar-refractivity contribution in [2.24, 2.45) is 5.92 Å². The molecular formula is C20H29N3O4. The molecule has 1 aromatic carbocycles. The Morgan fingerprint density at radius 2 is 1.74 bits per heavy atom. The van der Waals surface area contributed by atoms with E-state index in [1.54, 1.807) is 24.3 Å². The van der Waals surface area contributed by atoms with Crippen LogP contribution in [0.25, 0.3) is 0 Å². The summed E-state index contributed by atoms with van der Waals surface area (Å²) < 4.78 is 0. The minimum absolute atomic E-state index is 0.0186. The van der Waals surface area contributed by atoms with Gasteiger partial charge >= 0.3 is 12.0 Å². The molecule has 27 heavy (non-hydrogen) atoms. The summed E-state index contributed by atoms with van der Waals surface area (Å²) >= 11 is 0. The first-order chi connectivity index (χ1) is 12.8. The minimum Gasteiger partial charge on any atom is -0.480 e. The highest BCUT2D eigenvalue weighted by Crippen LogP contribution is 2.34. The first-order valence-corrected chi connectivity index (χ1v) is 9.49. The number of aliphatic carboxylic acids is 1. The molecule has 4 N–H and O–H groups in total. The van der Waals surface area contributed by atoms with Crippen LogP contribution in [-0.2, 0) is 4.79 Å². The number of anilines is 1. The van der Waals surface area contributed by atoms with E-state index in [2.05, 4.69) is 22.9 Å². The predicted octanol–water partition coefficient (Wildman–Crippen LogP) is 3.37. The molecule has 0 aliphatic heterocycles. The number of carbonyl (C=O) groups is 3. The fourth-order valence-electron chi connectivity index (χ4n) is 3.39. The smallest absolute Gasteiger partial charge is 0.329 e. The van der Waals surface area contributed by atoms with Crippen molar-refractivity contribution in [1.82, 2.24) is 10.6 Å². The molecule has 1 aromatic rings. The summed E-state index contributed by atoms with van der Waals surface area (Å²) in [7, 11) is 0. The van der Waals surface area contributed by atoms with Crippen molar-refractivity contribution in [1.29, 1.82) is 0 Å². The van der Waals surface area contributed by atoms with Crippen molar-refractivity contribution < 1.29 is 19.5 Å². The normalized spacial score (nSPS) is 22.1. The van der Waals surface area contributed by atoms with Crippen LogP contribution in [0.5, 0.6) is 0 Å². The summed E-state index contributed by atoms with van der Waals surface area (Å²) in [6.45, 7) is 5.83. The monoisotopic (exact) mass is 375 g/mol. The first-order valence-electron chi connectivity index (χ1n) is 9.49. The summed E-state index contributed by atoms with van der Waals surface area (Å²) in [5, 5.41) is 17.8. The molecular weight excluding hydrogens is 346 g/mol. The van der Waals surface area contributed by atoms with E-state index in [0.717, 1.165) is 19.3 Å². The van der Waals surface area contributed by atoms with Crippen molar-refractivity contribution in [2.45, 2.75) is 64.5 Å². The van der Waals surface area contributed by atoms with Gasteiger partial charge in [0.05, 0.1) is 0 Å². The molecule has 1 aliphatic rings. The Bertz CT molecular complexity index is 677. The lowest BCUT2D eigenvalue weighted by atomic mass is 9.75. The van der Waals surface area contributed by atoms with Crippen LogP contribution >= 0.6 is 0 Å². The van der Waals surface area contributed by atoms with Gasteiger partial charge in [-0.3, -0.25) is 4.79 Å². The molecule has 1 fully saturated rings. The lowest BCUT2D eigenvalue weighted by Gasteiger charge is -2.37. The van der Waals surface area contributed by atoms with Crippen LogP contribution in [0, 0.1) is 5.92 Å². The molecule has 3 amide bonds. The summed E-state index contributed by atoms with van der Waals surface area (Å²) in [5.74, 6) is -0.865. The zero-order chi connectivity index (χ0) is 20.0. The Labute approximate surface area is 159 Å². The van der Waals surface area contributed by atoms with Crippen LogP contribution in [0.4, 0.5) is 10.5 Å². The SMILES string of the molecule is CCC1CCC(NC(=O)c2ccc(NC(=O)NC(C)C)cc2)(C(=O)O)CC1. The fourth-order valence-corrected chi connectivity index (χ4v) is 3.39. The fraction of sp³-hybridized carbons (Fsp3) is 0.550. The number of rotatable bonds is 6. The van der Waals surface area contributed by atoms with Crippen LogP contribution in [0.2, 0.25) is 0 Å². The third-order valence-electron chi connectivity index (χ3n) is 5.12. The first kappa shape index (κ1) is 20.7. The minimum atomic E-state index is -1.20. The number of amides is 3. The van der Waals surface area contributed by atoms with E-state index in [9.17, 15) is 19.5 Å². The number of hydrogen-bond donors (Lipinski definition) is 4. The molecule has 0 spiro atoms. The van der Waals surface area contributed by atoms with Crippen LogP contribution in [0.1, 0.15) is 63.2 Å². The van der Waals surface area contributed by atoms with E-state index in [1.807, 2.05) is 13.8 Å². The summed E-state index contributed by atoms with van der Waals surface area (Å²) in [4.78, 5) is 36.1. The van der Waals surface area contributed by atoms with Gasteiger partial charge in [0.25, 0.3) is 5.91 Å². The maximum absolute atomic E-state index is 12.6. The number of carboxylic acids is 1. The van der Waals surface area contributed by atoms with E-state index < -0.39 is 17.4 Å². The van der Waals surface area contributed by atoms with Crippen LogP contribution in [-0.4, -0.2) is 34.6 Å². The summed E-state index contributed by atoms with van der Waals surface area (Å²) in [5.41, 5.74) is -0.277. The van der Waals surface area contributed by atoms with E-state index in [4.69, 9.17) is 0 Å². The molecule has 1 aliphatic carbocycles.